The van der Waals surface area contributed by atoms with Gasteiger partial charge in [0.25, 0.3) is 5.91 Å². The number of nitrogens with two attached hydrogens (primary N) is 1. The highest BCUT2D eigenvalue weighted by Crippen LogP contribution is 2.21. The maximum atomic E-state index is 13.3. The molecule has 0 aliphatic rings. The summed E-state index contributed by atoms with van der Waals surface area (Å²) in [5.74, 6) is -0.939. The lowest BCUT2D eigenvalue weighted by atomic mass is 10.1. The molecule has 0 bridgehead atoms. The van der Waals surface area contributed by atoms with Crippen molar-refractivity contribution in [3.8, 4) is 0 Å². The maximum Gasteiger partial charge on any atom is 0.255 e. The van der Waals surface area contributed by atoms with E-state index in [-0.39, 0.29) is 17.2 Å². The predicted octanol–water partition coefficient (Wildman–Crippen LogP) is 3.28. The summed E-state index contributed by atoms with van der Waals surface area (Å²) in [7, 11) is 0. The van der Waals surface area contributed by atoms with Crippen molar-refractivity contribution in [2.24, 2.45) is 0 Å². The summed E-state index contributed by atoms with van der Waals surface area (Å²) in [6.45, 7) is 3.82. The van der Waals surface area contributed by atoms with Crippen LogP contribution in [0.3, 0.4) is 0 Å². The molecule has 2 aromatic rings. The molecule has 4 heteroatoms. The van der Waals surface area contributed by atoms with E-state index in [2.05, 4.69) is 5.32 Å². The number of carbonyl (C=O) groups excluding carboxylic acids is 1. The van der Waals surface area contributed by atoms with Crippen molar-refractivity contribution < 1.29 is 9.18 Å². The summed E-state index contributed by atoms with van der Waals surface area (Å²) in [5, 5.41) is 2.80. The summed E-state index contributed by atoms with van der Waals surface area (Å²) in [6, 6.07) is 9.76. The van der Waals surface area contributed by atoms with Crippen molar-refractivity contribution >= 4 is 17.3 Å². The number of aryl methyl sites for hydroxylation is 2. The van der Waals surface area contributed by atoms with Gasteiger partial charge >= 0.3 is 0 Å². The molecule has 3 N–H and O–H groups in total. The van der Waals surface area contributed by atoms with E-state index >= 15 is 0 Å². The number of carbonyl (C=O) groups is 1. The molecule has 0 heterocycles. The number of halogens is 1. The first-order valence-corrected chi connectivity index (χ1v) is 5.91. The molecular formula is C15H15FN2O. The van der Waals surface area contributed by atoms with Crippen molar-refractivity contribution in [3.63, 3.8) is 0 Å². The minimum atomic E-state index is -0.589. The van der Waals surface area contributed by atoms with Gasteiger partial charge in [0.05, 0.1) is 5.69 Å². The molecule has 19 heavy (non-hydrogen) atoms. The lowest BCUT2D eigenvalue weighted by Crippen LogP contribution is -2.14. The fourth-order valence-electron chi connectivity index (χ4n) is 1.87. The molecule has 0 aliphatic heterocycles. The van der Waals surface area contributed by atoms with Crippen molar-refractivity contribution in [1.29, 1.82) is 0 Å². The molecule has 98 valence electrons. The van der Waals surface area contributed by atoms with Crippen molar-refractivity contribution in [2.75, 3.05) is 11.1 Å². The lowest BCUT2D eigenvalue weighted by Gasteiger charge is -2.11. The average Bonchev–Trinajstić information content (AvgIpc) is 2.37. The molecule has 0 unspecified atom stereocenters. The maximum absolute atomic E-state index is 13.3. The van der Waals surface area contributed by atoms with Crippen LogP contribution in [0.5, 0.6) is 0 Å². The van der Waals surface area contributed by atoms with Crippen molar-refractivity contribution in [2.45, 2.75) is 13.8 Å². The Kier molecular flexibility index (Phi) is 3.51. The molecule has 0 fully saturated rings. The number of hydrogen-bond donors (Lipinski definition) is 2. The van der Waals surface area contributed by atoms with Crippen molar-refractivity contribution in [3.05, 3.63) is 58.9 Å². The topological polar surface area (TPSA) is 55.1 Å². The highest BCUT2D eigenvalue weighted by atomic mass is 19.1. The van der Waals surface area contributed by atoms with E-state index in [4.69, 9.17) is 5.73 Å². The SMILES string of the molecule is Cc1cccc(C)c1NC(=O)c1ccc(N)c(F)c1. The molecule has 0 spiro atoms. The van der Waals surface area contributed by atoms with Crippen LogP contribution in [0, 0.1) is 19.7 Å². The first-order valence-electron chi connectivity index (χ1n) is 5.91. The third-order valence-corrected chi connectivity index (χ3v) is 2.98. The van der Waals surface area contributed by atoms with Gasteiger partial charge in [-0.15, -0.1) is 0 Å². The lowest BCUT2D eigenvalue weighted by molar-refractivity contribution is 0.102. The van der Waals surface area contributed by atoms with E-state index < -0.39 is 5.82 Å². The number of rotatable bonds is 2. The highest BCUT2D eigenvalue weighted by Gasteiger charge is 2.11. The second-order valence-corrected chi connectivity index (χ2v) is 4.46. The van der Waals surface area contributed by atoms with Crippen LogP contribution in [-0.4, -0.2) is 5.91 Å². The zero-order valence-electron chi connectivity index (χ0n) is 10.8. The number of amides is 1. The Bertz CT molecular complexity index is 618. The van der Waals surface area contributed by atoms with E-state index in [9.17, 15) is 9.18 Å². The van der Waals surface area contributed by atoms with Gasteiger partial charge in [0.2, 0.25) is 0 Å². The van der Waals surface area contributed by atoms with Gasteiger partial charge in [-0.25, -0.2) is 4.39 Å². The highest BCUT2D eigenvalue weighted by molar-refractivity contribution is 6.05. The first-order chi connectivity index (χ1) is 8.99. The van der Waals surface area contributed by atoms with E-state index in [1.54, 1.807) is 0 Å². The number of para-hydroxylation sites is 1. The molecule has 0 saturated heterocycles. The Morgan fingerprint density at radius 3 is 2.37 bits per heavy atom. The standard InChI is InChI=1S/C15H15FN2O/c1-9-4-3-5-10(2)14(9)18-15(19)11-6-7-13(17)12(16)8-11/h3-8H,17H2,1-2H3,(H,18,19). The Hall–Kier alpha value is -2.36. The van der Waals surface area contributed by atoms with Gasteiger partial charge in [-0.1, -0.05) is 18.2 Å². The van der Waals surface area contributed by atoms with Crippen LogP contribution in [0.2, 0.25) is 0 Å². The van der Waals surface area contributed by atoms with E-state index in [1.165, 1.54) is 12.1 Å². The van der Waals surface area contributed by atoms with Gasteiger partial charge in [0, 0.05) is 11.3 Å². The Labute approximate surface area is 111 Å². The van der Waals surface area contributed by atoms with Gasteiger partial charge in [-0.3, -0.25) is 4.79 Å². The van der Waals surface area contributed by atoms with Gasteiger partial charge in [-0.05, 0) is 43.2 Å². The minimum absolute atomic E-state index is 0.0311. The van der Waals surface area contributed by atoms with Gasteiger partial charge < -0.3 is 11.1 Å². The monoisotopic (exact) mass is 258 g/mol. The molecule has 0 saturated carbocycles. The summed E-state index contributed by atoms with van der Waals surface area (Å²) in [4.78, 5) is 12.1. The molecule has 0 aromatic heterocycles. The number of anilines is 2. The number of hydrogen-bond acceptors (Lipinski definition) is 2. The third-order valence-electron chi connectivity index (χ3n) is 2.98. The zero-order valence-corrected chi connectivity index (χ0v) is 10.8. The fourth-order valence-corrected chi connectivity index (χ4v) is 1.87. The minimum Gasteiger partial charge on any atom is -0.396 e. The quantitative estimate of drug-likeness (QED) is 0.812. The summed E-state index contributed by atoms with van der Waals surface area (Å²) in [6.07, 6.45) is 0. The largest absolute Gasteiger partial charge is 0.396 e. The van der Waals surface area contributed by atoms with Crippen LogP contribution in [0.1, 0.15) is 21.5 Å². The van der Waals surface area contributed by atoms with Gasteiger partial charge in [-0.2, -0.15) is 0 Å². The molecule has 0 atom stereocenters. The zero-order chi connectivity index (χ0) is 14.0. The number of benzene rings is 2. The van der Waals surface area contributed by atoms with E-state index in [0.717, 1.165) is 22.9 Å². The second kappa shape index (κ2) is 5.10. The molecule has 1 amide bonds. The molecule has 0 aliphatic carbocycles. The number of nitrogen functional groups attached to an aromatic ring is 1. The molecule has 2 rings (SSSR count). The molecule has 2 aromatic carbocycles. The van der Waals surface area contributed by atoms with Gasteiger partial charge in [0.15, 0.2) is 0 Å². The van der Waals surface area contributed by atoms with Crippen LogP contribution in [0.15, 0.2) is 36.4 Å². The Balaban J connectivity index is 2.28. The van der Waals surface area contributed by atoms with Crippen LogP contribution in [0.4, 0.5) is 15.8 Å². The normalized spacial score (nSPS) is 10.3. The van der Waals surface area contributed by atoms with Crippen LogP contribution < -0.4 is 11.1 Å². The average molecular weight is 258 g/mol. The third kappa shape index (κ3) is 2.73. The number of nitrogens with one attached hydrogen (secondary N) is 1. The molecule has 0 radical (unpaired) electrons. The van der Waals surface area contributed by atoms with Crippen molar-refractivity contribution in [1.82, 2.24) is 0 Å². The van der Waals surface area contributed by atoms with E-state index in [1.807, 2.05) is 32.0 Å². The van der Waals surface area contributed by atoms with Gasteiger partial charge in [0.1, 0.15) is 5.82 Å². The first kappa shape index (κ1) is 13.1. The predicted molar refractivity (Wildman–Crippen MR) is 74.7 cm³/mol. The van der Waals surface area contributed by atoms with E-state index in [0.29, 0.717) is 0 Å². The molecular weight excluding hydrogens is 243 g/mol. The summed E-state index contributed by atoms with van der Waals surface area (Å²) >= 11 is 0. The summed E-state index contributed by atoms with van der Waals surface area (Å²) in [5.41, 5.74) is 8.34. The van der Waals surface area contributed by atoms with Crippen LogP contribution >= 0.6 is 0 Å². The smallest absolute Gasteiger partial charge is 0.255 e. The Morgan fingerprint density at radius 1 is 1.16 bits per heavy atom. The Morgan fingerprint density at radius 2 is 1.79 bits per heavy atom. The van der Waals surface area contributed by atoms with Crippen LogP contribution in [-0.2, 0) is 0 Å². The molecule has 3 nitrogen and oxygen atoms in total. The fraction of sp³-hybridized carbons (Fsp3) is 0.133. The summed E-state index contributed by atoms with van der Waals surface area (Å²) < 4.78 is 13.3. The second-order valence-electron chi connectivity index (χ2n) is 4.46. The van der Waals surface area contributed by atoms with Crippen LogP contribution in [0.25, 0.3) is 0 Å².